The van der Waals surface area contributed by atoms with Crippen molar-refractivity contribution < 1.29 is 4.79 Å². The van der Waals surface area contributed by atoms with Gasteiger partial charge in [-0.1, -0.05) is 62.4 Å². The molecular weight excluding hydrogens is 296 g/mol. The molecule has 2 aromatic carbocycles. The molecule has 0 aromatic heterocycles. The highest BCUT2D eigenvalue weighted by atomic mass is 16.1. The van der Waals surface area contributed by atoms with E-state index in [-0.39, 0.29) is 5.91 Å². The predicted octanol–water partition coefficient (Wildman–Crippen LogP) is 4.25. The molecule has 3 heteroatoms. The Morgan fingerprint density at radius 2 is 1.62 bits per heavy atom. The molecule has 0 atom stereocenters. The van der Waals surface area contributed by atoms with E-state index in [0.717, 1.165) is 25.2 Å². The van der Waals surface area contributed by atoms with Crippen LogP contribution in [0.1, 0.15) is 32.3 Å². The molecule has 0 unspecified atom stereocenters. The topological polar surface area (TPSA) is 32.3 Å². The lowest BCUT2D eigenvalue weighted by Crippen LogP contribution is -2.31. The highest BCUT2D eigenvalue weighted by molar-refractivity contribution is 5.76. The smallest absolute Gasteiger partial charge is 0.221 e. The normalized spacial score (nSPS) is 10.6. The van der Waals surface area contributed by atoms with Gasteiger partial charge in [-0.05, 0) is 30.0 Å². The zero-order valence-electron chi connectivity index (χ0n) is 14.7. The first-order chi connectivity index (χ1) is 11.6. The summed E-state index contributed by atoms with van der Waals surface area (Å²) in [6, 6.07) is 20.7. The van der Waals surface area contributed by atoms with Crippen LogP contribution >= 0.6 is 0 Å². The average molecular weight is 324 g/mol. The number of rotatable bonds is 9. The molecule has 0 fully saturated rings. The zero-order chi connectivity index (χ0) is 17.2. The molecule has 1 N–H and O–H groups in total. The Hall–Kier alpha value is -2.29. The maximum Gasteiger partial charge on any atom is 0.221 e. The van der Waals surface area contributed by atoms with Crippen molar-refractivity contribution in [2.45, 2.75) is 33.2 Å². The molecule has 0 aliphatic carbocycles. The Morgan fingerprint density at radius 1 is 1.00 bits per heavy atom. The molecule has 3 nitrogen and oxygen atoms in total. The number of nitrogens with one attached hydrogen (secondary N) is 1. The van der Waals surface area contributed by atoms with Crippen LogP contribution in [0.15, 0.2) is 60.7 Å². The molecule has 128 valence electrons. The van der Waals surface area contributed by atoms with Crippen LogP contribution < -0.4 is 10.2 Å². The van der Waals surface area contributed by atoms with E-state index in [9.17, 15) is 4.79 Å². The van der Waals surface area contributed by atoms with E-state index in [1.54, 1.807) is 0 Å². The Labute approximate surface area is 145 Å². The van der Waals surface area contributed by atoms with Crippen molar-refractivity contribution >= 4 is 11.6 Å². The summed E-state index contributed by atoms with van der Waals surface area (Å²) < 4.78 is 0. The van der Waals surface area contributed by atoms with Gasteiger partial charge in [0.25, 0.3) is 0 Å². The molecule has 0 bridgehead atoms. The summed E-state index contributed by atoms with van der Waals surface area (Å²) in [7, 11) is 0. The maximum absolute atomic E-state index is 12.1. The number of anilines is 1. The Balaban J connectivity index is 1.93. The number of benzene rings is 2. The van der Waals surface area contributed by atoms with Crippen LogP contribution in [-0.2, 0) is 11.3 Å². The summed E-state index contributed by atoms with van der Waals surface area (Å²) in [6.45, 7) is 6.63. The van der Waals surface area contributed by atoms with Crippen molar-refractivity contribution in [3.63, 3.8) is 0 Å². The molecule has 0 heterocycles. The van der Waals surface area contributed by atoms with Crippen LogP contribution in [-0.4, -0.2) is 19.0 Å². The number of nitrogens with zero attached hydrogens (tertiary/aromatic N) is 1. The number of carbonyl (C=O) groups excluding carboxylic acids is 1. The van der Waals surface area contributed by atoms with Gasteiger partial charge in [-0.3, -0.25) is 4.79 Å². The van der Waals surface area contributed by atoms with Gasteiger partial charge in [0.05, 0.1) is 0 Å². The van der Waals surface area contributed by atoms with Crippen molar-refractivity contribution in [3.8, 4) is 0 Å². The van der Waals surface area contributed by atoms with Crippen molar-refractivity contribution in [1.82, 2.24) is 5.32 Å². The minimum atomic E-state index is 0.129. The second kappa shape index (κ2) is 9.76. The Bertz CT molecular complexity index is 596. The van der Waals surface area contributed by atoms with Crippen LogP contribution in [0.5, 0.6) is 0 Å². The van der Waals surface area contributed by atoms with E-state index in [0.29, 0.717) is 18.9 Å². The van der Waals surface area contributed by atoms with E-state index in [4.69, 9.17) is 0 Å². The zero-order valence-corrected chi connectivity index (χ0v) is 14.7. The quantitative estimate of drug-likeness (QED) is 0.748. The monoisotopic (exact) mass is 324 g/mol. The predicted molar refractivity (Wildman–Crippen MR) is 101 cm³/mol. The van der Waals surface area contributed by atoms with Gasteiger partial charge >= 0.3 is 0 Å². The third-order valence-corrected chi connectivity index (χ3v) is 3.99. The molecule has 0 saturated carbocycles. The van der Waals surface area contributed by atoms with Gasteiger partial charge in [-0.15, -0.1) is 0 Å². The molecule has 0 aliphatic heterocycles. The van der Waals surface area contributed by atoms with Crippen LogP contribution in [0, 0.1) is 5.92 Å². The van der Waals surface area contributed by atoms with Gasteiger partial charge in [0.2, 0.25) is 5.91 Å². The fourth-order valence-corrected chi connectivity index (χ4v) is 2.57. The van der Waals surface area contributed by atoms with E-state index >= 15 is 0 Å². The van der Waals surface area contributed by atoms with Crippen molar-refractivity contribution in [1.29, 1.82) is 0 Å². The molecule has 0 spiro atoms. The first-order valence-electron chi connectivity index (χ1n) is 8.76. The van der Waals surface area contributed by atoms with Crippen LogP contribution in [0.25, 0.3) is 0 Å². The third kappa shape index (κ3) is 6.45. The van der Waals surface area contributed by atoms with Crippen LogP contribution in [0.3, 0.4) is 0 Å². The molecule has 2 aromatic rings. The summed E-state index contributed by atoms with van der Waals surface area (Å²) in [5.74, 6) is 0.744. The molecular formula is C21H28N2O. The largest absolute Gasteiger partial charge is 0.367 e. The first-order valence-corrected chi connectivity index (χ1v) is 8.76. The number of carbonyl (C=O) groups is 1. The standard InChI is InChI=1S/C21H28N2O/c1-18(2)13-15-22-21(24)14-16-23(20-11-7-4-8-12-20)17-19-9-5-3-6-10-19/h3-12,18H,13-17H2,1-2H3,(H,22,24). The van der Waals surface area contributed by atoms with E-state index < -0.39 is 0 Å². The highest BCUT2D eigenvalue weighted by Gasteiger charge is 2.10. The molecule has 24 heavy (non-hydrogen) atoms. The molecule has 2 rings (SSSR count). The van der Waals surface area contributed by atoms with Gasteiger partial charge < -0.3 is 10.2 Å². The van der Waals surface area contributed by atoms with Gasteiger partial charge in [-0.2, -0.15) is 0 Å². The first kappa shape index (κ1) is 18.1. The molecule has 0 saturated heterocycles. The number of para-hydroxylation sites is 1. The van der Waals surface area contributed by atoms with Crippen molar-refractivity contribution in [2.75, 3.05) is 18.0 Å². The fourth-order valence-electron chi connectivity index (χ4n) is 2.57. The van der Waals surface area contributed by atoms with Gasteiger partial charge in [-0.25, -0.2) is 0 Å². The minimum absolute atomic E-state index is 0.129. The summed E-state index contributed by atoms with van der Waals surface area (Å²) in [6.07, 6.45) is 1.54. The van der Waals surface area contributed by atoms with Crippen LogP contribution in [0.4, 0.5) is 5.69 Å². The fraction of sp³-hybridized carbons (Fsp3) is 0.381. The van der Waals surface area contributed by atoms with Crippen LogP contribution in [0.2, 0.25) is 0 Å². The third-order valence-electron chi connectivity index (χ3n) is 3.99. The summed E-state index contributed by atoms with van der Waals surface area (Å²) in [5, 5.41) is 3.02. The van der Waals surface area contributed by atoms with E-state index in [1.807, 2.05) is 24.3 Å². The van der Waals surface area contributed by atoms with E-state index in [1.165, 1.54) is 5.56 Å². The average Bonchev–Trinajstić information content (AvgIpc) is 2.60. The maximum atomic E-state index is 12.1. The number of hydrogen-bond acceptors (Lipinski definition) is 2. The van der Waals surface area contributed by atoms with Crippen molar-refractivity contribution in [2.24, 2.45) is 5.92 Å². The minimum Gasteiger partial charge on any atom is -0.367 e. The Kier molecular flexibility index (Phi) is 7.34. The molecule has 1 amide bonds. The molecule has 0 radical (unpaired) electrons. The SMILES string of the molecule is CC(C)CCNC(=O)CCN(Cc1ccccc1)c1ccccc1. The lowest BCUT2D eigenvalue weighted by Gasteiger charge is -2.25. The molecule has 0 aliphatic rings. The number of hydrogen-bond donors (Lipinski definition) is 1. The number of amides is 1. The summed E-state index contributed by atoms with van der Waals surface area (Å²) in [5.41, 5.74) is 2.40. The van der Waals surface area contributed by atoms with Gasteiger partial charge in [0.1, 0.15) is 0 Å². The lowest BCUT2D eigenvalue weighted by atomic mass is 10.1. The lowest BCUT2D eigenvalue weighted by molar-refractivity contribution is -0.120. The Morgan fingerprint density at radius 3 is 2.25 bits per heavy atom. The van der Waals surface area contributed by atoms with Gasteiger partial charge in [0.15, 0.2) is 0 Å². The highest BCUT2D eigenvalue weighted by Crippen LogP contribution is 2.17. The second-order valence-corrected chi connectivity index (χ2v) is 6.53. The van der Waals surface area contributed by atoms with E-state index in [2.05, 4.69) is 60.5 Å². The summed E-state index contributed by atoms with van der Waals surface area (Å²) >= 11 is 0. The summed E-state index contributed by atoms with van der Waals surface area (Å²) in [4.78, 5) is 14.3. The second-order valence-electron chi connectivity index (χ2n) is 6.53. The van der Waals surface area contributed by atoms with Gasteiger partial charge in [0, 0.05) is 31.7 Å². The van der Waals surface area contributed by atoms with Crippen molar-refractivity contribution in [3.05, 3.63) is 66.2 Å².